The Kier molecular flexibility index (Phi) is 7.15. The van der Waals surface area contributed by atoms with E-state index in [2.05, 4.69) is 10.3 Å². The van der Waals surface area contributed by atoms with Crippen LogP contribution in [0.3, 0.4) is 0 Å². The van der Waals surface area contributed by atoms with E-state index < -0.39 is 0 Å². The van der Waals surface area contributed by atoms with Crippen molar-refractivity contribution in [2.45, 2.75) is 13.3 Å². The quantitative estimate of drug-likeness (QED) is 0.906. The first kappa shape index (κ1) is 18.3. The number of halogens is 2. The van der Waals surface area contributed by atoms with Crippen molar-refractivity contribution in [1.29, 1.82) is 0 Å². The Bertz CT molecular complexity index is 634. The number of carbonyl (C=O) groups is 1. The van der Waals surface area contributed by atoms with Gasteiger partial charge in [-0.15, -0.1) is 12.4 Å². The molecule has 0 bridgehead atoms. The molecule has 1 heterocycles. The number of rotatable bonds is 5. The van der Waals surface area contributed by atoms with Crippen LogP contribution in [-0.4, -0.2) is 24.5 Å². The van der Waals surface area contributed by atoms with Crippen molar-refractivity contribution in [3.8, 4) is 5.75 Å². The van der Waals surface area contributed by atoms with Gasteiger partial charge in [-0.3, -0.25) is 9.78 Å². The van der Waals surface area contributed by atoms with E-state index in [1.54, 1.807) is 31.6 Å². The van der Waals surface area contributed by atoms with Gasteiger partial charge >= 0.3 is 0 Å². The summed E-state index contributed by atoms with van der Waals surface area (Å²) in [4.78, 5) is 15.8. The van der Waals surface area contributed by atoms with Crippen LogP contribution in [-0.2, 0) is 6.42 Å². The molecule has 0 aliphatic heterocycles. The molecule has 6 heteroatoms. The maximum Gasteiger partial charge on any atom is 0.252 e. The van der Waals surface area contributed by atoms with Crippen LogP contribution < -0.4 is 10.1 Å². The van der Waals surface area contributed by atoms with Crippen LogP contribution in [0.15, 0.2) is 36.7 Å². The summed E-state index contributed by atoms with van der Waals surface area (Å²) in [6.07, 6.45) is 3.89. The molecule has 0 fully saturated rings. The topological polar surface area (TPSA) is 51.2 Å². The van der Waals surface area contributed by atoms with E-state index >= 15 is 0 Å². The van der Waals surface area contributed by atoms with Crippen LogP contribution in [0.5, 0.6) is 5.75 Å². The third-order valence-corrected chi connectivity index (χ3v) is 3.51. The van der Waals surface area contributed by atoms with Crippen LogP contribution >= 0.6 is 24.0 Å². The fraction of sp³-hybridized carbons (Fsp3) is 0.250. The molecule has 0 unspecified atom stereocenters. The summed E-state index contributed by atoms with van der Waals surface area (Å²) in [6.45, 7) is 2.54. The van der Waals surface area contributed by atoms with Crippen molar-refractivity contribution in [3.05, 3.63) is 58.4 Å². The SMILES string of the molecule is COc1cc(C)c(CCNC(=O)c2cccnc2)cc1Cl.Cl. The number of aryl methyl sites for hydroxylation is 1. The van der Waals surface area contributed by atoms with Gasteiger partial charge in [-0.1, -0.05) is 11.6 Å². The van der Waals surface area contributed by atoms with Gasteiger partial charge < -0.3 is 10.1 Å². The van der Waals surface area contributed by atoms with Crippen LogP contribution in [0.1, 0.15) is 21.5 Å². The second-order valence-electron chi connectivity index (χ2n) is 4.66. The second-order valence-corrected chi connectivity index (χ2v) is 5.07. The zero-order valence-electron chi connectivity index (χ0n) is 12.4. The first-order chi connectivity index (χ1) is 10.1. The van der Waals surface area contributed by atoms with Crippen molar-refractivity contribution >= 4 is 29.9 Å². The van der Waals surface area contributed by atoms with E-state index in [9.17, 15) is 4.79 Å². The minimum Gasteiger partial charge on any atom is -0.495 e. The maximum atomic E-state index is 11.9. The van der Waals surface area contributed by atoms with Crippen LogP contribution in [0.4, 0.5) is 0 Å². The molecule has 0 aliphatic carbocycles. The molecule has 22 heavy (non-hydrogen) atoms. The lowest BCUT2D eigenvalue weighted by atomic mass is 10.1. The van der Waals surface area contributed by atoms with Gasteiger partial charge in [-0.05, 0) is 48.7 Å². The van der Waals surface area contributed by atoms with Crippen LogP contribution in [0.2, 0.25) is 5.02 Å². The average Bonchev–Trinajstić information content (AvgIpc) is 2.51. The molecule has 2 aromatic rings. The van der Waals surface area contributed by atoms with Crippen molar-refractivity contribution in [2.75, 3.05) is 13.7 Å². The molecule has 118 valence electrons. The highest BCUT2D eigenvalue weighted by Crippen LogP contribution is 2.27. The number of ether oxygens (including phenoxy) is 1. The summed E-state index contributed by atoms with van der Waals surface area (Å²) in [7, 11) is 1.59. The lowest BCUT2D eigenvalue weighted by Gasteiger charge is -2.11. The largest absolute Gasteiger partial charge is 0.495 e. The zero-order valence-corrected chi connectivity index (χ0v) is 14.0. The molecular weight excluding hydrogens is 323 g/mol. The molecule has 0 atom stereocenters. The van der Waals surface area contributed by atoms with E-state index in [0.29, 0.717) is 29.3 Å². The highest BCUT2D eigenvalue weighted by molar-refractivity contribution is 6.32. The van der Waals surface area contributed by atoms with Crippen LogP contribution in [0, 0.1) is 6.92 Å². The third-order valence-electron chi connectivity index (χ3n) is 3.21. The van der Waals surface area contributed by atoms with Gasteiger partial charge in [0.05, 0.1) is 17.7 Å². The van der Waals surface area contributed by atoms with Crippen molar-refractivity contribution in [3.63, 3.8) is 0 Å². The van der Waals surface area contributed by atoms with Gasteiger partial charge in [0.25, 0.3) is 5.91 Å². The summed E-state index contributed by atoms with van der Waals surface area (Å²) in [5.41, 5.74) is 2.74. The van der Waals surface area contributed by atoms with Crippen molar-refractivity contribution in [2.24, 2.45) is 0 Å². The van der Waals surface area contributed by atoms with Crippen LogP contribution in [0.25, 0.3) is 0 Å². The number of carbonyl (C=O) groups excluding carboxylic acids is 1. The third kappa shape index (κ3) is 4.61. The smallest absolute Gasteiger partial charge is 0.252 e. The minimum atomic E-state index is -0.125. The summed E-state index contributed by atoms with van der Waals surface area (Å²) in [5, 5.41) is 3.45. The van der Waals surface area contributed by atoms with Gasteiger partial charge in [0.1, 0.15) is 5.75 Å². The molecule has 0 saturated heterocycles. The first-order valence-corrected chi connectivity index (χ1v) is 7.01. The predicted octanol–water partition coefficient (Wildman–Crippen LogP) is 3.45. The van der Waals surface area contributed by atoms with E-state index in [1.807, 2.05) is 19.1 Å². The maximum absolute atomic E-state index is 11.9. The molecule has 0 spiro atoms. The molecule has 0 aliphatic rings. The molecule has 1 aromatic heterocycles. The predicted molar refractivity (Wildman–Crippen MR) is 90.3 cm³/mol. The molecule has 0 saturated carbocycles. The van der Waals surface area contributed by atoms with E-state index in [4.69, 9.17) is 16.3 Å². The Hall–Kier alpha value is -1.78. The molecule has 2 rings (SSSR count). The Morgan fingerprint density at radius 2 is 2.18 bits per heavy atom. The Balaban J connectivity index is 0.00000242. The molecule has 0 radical (unpaired) electrons. The summed E-state index contributed by atoms with van der Waals surface area (Å²) in [6, 6.07) is 7.26. The molecule has 1 N–H and O–H groups in total. The summed E-state index contributed by atoms with van der Waals surface area (Å²) >= 11 is 6.12. The fourth-order valence-corrected chi connectivity index (χ4v) is 2.30. The zero-order chi connectivity index (χ0) is 15.2. The molecule has 4 nitrogen and oxygen atoms in total. The number of hydrogen-bond acceptors (Lipinski definition) is 3. The Labute approximate surface area is 141 Å². The van der Waals surface area contributed by atoms with E-state index in [0.717, 1.165) is 11.1 Å². The van der Waals surface area contributed by atoms with Crippen molar-refractivity contribution < 1.29 is 9.53 Å². The number of amides is 1. The number of nitrogens with zero attached hydrogens (tertiary/aromatic N) is 1. The van der Waals surface area contributed by atoms with Gasteiger partial charge in [0, 0.05) is 18.9 Å². The monoisotopic (exact) mass is 340 g/mol. The standard InChI is InChI=1S/C16H17ClN2O2.ClH/c1-11-8-15(21-2)14(17)9-12(11)5-7-19-16(20)13-4-3-6-18-10-13;/h3-4,6,8-10H,5,7H2,1-2H3,(H,19,20);1H. The number of nitrogens with one attached hydrogen (secondary N) is 1. The minimum absolute atomic E-state index is 0. The van der Waals surface area contributed by atoms with Gasteiger partial charge in [0.15, 0.2) is 0 Å². The van der Waals surface area contributed by atoms with Crippen molar-refractivity contribution in [1.82, 2.24) is 10.3 Å². The molecular formula is C16H18Cl2N2O2. The summed E-state index contributed by atoms with van der Waals surface area (Å²) < 4.78 is 5.17. The van der Waals surface area contributed by atoms with Gasteiger partial charge in [0.2, 0.25) is 0 Å². The van der Waals surface area contributed by atoms with Gasteiger partial charge in [-0.25, -0.2) is 0 Å². The lowest BCUT2D eigenvalue weighted by molar-refractivity contribution is 0.0953. The normalized spacial score (nSPS) is 9.77. The lowest BCUT2D eigenvalue weighted by Crippen LogP contribution is -2.25. The van der Waals surface area contributed by atoms with Gasteiger partial charge in [-0.2, -0.15) is 0 Å². The molecule has 1 amide bonds. The first-order valence-electron chi connectivity index (χ1n) is 6.63. The average molecular weight is 341 g/mol. The Morgan fingerprint density at radius 3 is 2.82 bits per heavy atom. The second kappa shape index (κ2) is 8.61. The Morgan fingerprint density at radius 1 is 1.41 bits per heavy atom. The fourth-order valence-electron chi connectivity index (χ4n) is 2.03. The summed E-state index contributed by atoms with van der Waals surface area (Å²) in [5.74, 6) is 0.540. The number of methoxy groups -OCH3 is 1. The molecule has 1 aromatic carbocycles. The highest BCUT2D eigenvalue weighted by atomic mass is 35.5. The van der Waals surface area contributed by atoms with E-state index in [-0.39, 0.29) is 18.3 Å². The number of aromatic nitrogens is 1. The number of benzene rings is 1. The highest BCUT2D eigenvalue weighted by Gasteiger charge is 2.08. The van der Waals surface area contributed by atoms with E-state index in [1.165, 1.54) is 0 Å². The number of pyridine rings is 1. The number of hydrogen-bond donors (Lipinski definition) is 1.